The lowest BCUT2D eigenvalue weighted by molar-refractivity contribution is -0.385. The third kappa shape index (κ3) is 3.93. The summed E-state index contributed by atoms with van der Waals surface area (Å²) in [7, 11) is 0. The molecule has 0 amide bonds. The topological polar surface area (TPSA) is 81.4 Å². The molecule has 2 aromatic rings. The van der Waals surface area contributed by atoms with Crippen LogP contribution in [0.3, 0.4) is 0 Å². The zero-order chi connectivity index (χ0) is 17.1. The number of aromatic nitrogens is 2. The molecular formula is C15H14BrClN4O3. The molecule has 1 fully saturated rings. The average Bonchev–Trinajstić information content (AvgIpc) is 2.57. The summed E-state index contributed by atoms with van der Waals surface area (Å²) < 4.78 is 6.50. The van der Waals surface area contributed by atoms with E-state index in [2.05, 4.69) is 30.8 Å². The molecule has 0 aliphatic carbocycles. The molecule has 7 nitrogen and oxygen atoms in total. The SMILES string of the molecule is O=[N+]([O-])c1cnc(N2CCCC(Oc3ccc(Cl)cn3)C2)c(Br)c1. The fourth-order valence-electron chi connectivity index (χ4n) is 2.58. The van der Waals surface area contributed by atoms with Crippen molar-refractivity contribution in [2.45, 2.75) is 18.9 Å². The molecule has 0 radical (unpaired) electrons. The van der Waals surface area contributed by atoms with Crippen molar-refractivity contribution in [3.63, 3.8) is 0 Å². The molecule has 0 aromatic carbocycles. The Hall–Kier alpha value is -1.93. The molecule has 1 aliphatic heterocycles. The second-order valence-electron chi connectivity index (χ2n) is 5.40. The van der Waals surface area contributed by atoms with Crippen LogP contribution in [0.25, 0.3) is 0 Å². The summed E-state index contributed by atoms with van der Waals surface area (Å²) in [6, 6.07) is 4.94. The summed E-state index contributed by atoms with van der Waals surface area (Å²) >= 11 is 9.19. The van der Waals surface area contributed by atoms with Crippen LogP contribution < -0.4 is 9.64 Å². The van der Waals surface area contributed by atoms with Gasteiger partial charge in [0.15, 0.2) is 0 Å². The highest BCUT2D eigenvalue weighted by molar-refractivity contribution is 9.10. The smallest absolute Gasteiger partial charge is 0.288 e. The van der Waals surface area contributed by atoms with Gasteiger partial charge in [-0.1, -0.05) is 11.6 Å². The number of pyridine rings is 2. The van der Waals surface area contributed by atoms with Gasteiger partial charge in [0.1, 0.15) is 18.1 Å². The number of piperidine rings is 1. The number of hydrogen-bond donors (Lipinski definition) is 0. The van der Waals surface area contributed by atoms with Crippen molar-refractivity contribution in [1.82, 2.24) is 9.97 Å². The van der Waals surface area contributed by atoms with E-state index in [1.54, 1.807) is 18.3 Å². The number of halogens is 2. The first kappa shape index (κ1) is 16.9. The predicted octanol–water partition coefficient (Wildman–Crippen LogP) is 3.85. The molecule has 126 valence electrons. The first-order chi connectivity index (χ1) is 11.5. The van der Waals surface area contributed by atoms with Gasteiger partial charge in [0, 0.05) is 24.9 Å². The molecular weight excluding hydrogens is 400 g/mol. The second kappa shape index (κ2) is 7.31. The Balaban J connectivity index is 1.71. The highest BCUT2D eigenvalue weighted by atomic mass is 79.9. The molecule has 3 heterocycles. The molecule has 24 heavy (non-hydrogen) atoms. The monoisotopic (exact) mass is 412 g/mol. The van der Waals surface area contributed by atoms with Gasteiger partial charge in [0.25, 0.3) is 5.69 Å². The van der Waals surface area contributed by atoms with Crippen molar-refractivity contribution >= 4 is 39.0 Å². The zero-order valence-electron chi connectivity index (χ0n) is 12.6. The molecule has 9 heteroatoms. The van der Waals surface area contributed by atoms with E-state index in [9.17, 15) is 10.1 Å². The summed E-state index contributed by atoms with van der Waals surface area (Å²) in [5.74, 6) is 1.21. The third-order valence-corrected chi connectivity index (χ3v) is 4.49. The van der Waals surface area contributed by atoms with E-state index in [1.165, 1.54) is 12.3 Å². The molecule has 1 saturated heterocycles. The molecule has 0 bridgehead atoms. The van der Waals surface area contributed by atoms with Gasteiger partial charge in [-0.15, -0.1) is 0 Å². The van der Waals surface area contributed by atoms with E-state index < -0.39 is 4.92 Å². The van der Waals surface area contributed by atoms with E-state index in [-0.39, 0.29) is 11.8 Å². The van der Waals surface area contributed by atoms with Crippen LogP contribution in [0.4, 0.5) is 11.5 Å². The lowest BCUT2D eigenvalue weighted by atomic mass is 10.1. The average molecular weight is 414 g/mol. The van der Waals surface area contributed by atoms with Crippen molar-refractivity contribution in [2.24, 2.45) is 0 Å². The lowest BCUT2D eigenvalue weighted by Gasteiger charge is -2.33. The maximum Gasteiger partial charge on any atom is 0.288 e. The highest BCUT2D eigenvalue weighted by Gasteiger charge is 2.25. The number of anilines is 1. The molecule has 3 rings (SSSR count). The van der Waals surface area contributed by atoms with Crippen molar-refractivity contribution < 1.29 is 9.66 Å². The molecule has 0 saturated carbocycles. The first-order valence-electron chi connectivity index (χ1n) is 7.36. The summed E-state index contributed by atoms with van der Waals surface area (Å²) in [6.07, 6.45) is 4.63. The van der Waals surface area contributed by atoms with E-state index in [4.69, 9.17) is 16.3 Å². The Kier molecular flexibility index (Phi) is 5.15. The minimum atomic E-state index is -0.462. The van der Waals surface area contributed by atoms with Gasteiger partial charge in [0.05, 0.1) is 21.0 Å². The van der Waals surface area contributed by atoms with Crippen LogP contribution in [0, 0.1) is 10.1 Å². The lowest BCUT2D eigenvalue weighted by Crippen LogP contribution is -2.41. The fraction of sp³-hybridized carbons (Fsp3) is 0.333. The van der Waals surface area contributed by atoms with E-state index in [0.717, 1.165) is 19.4 Å². The van der Waals surface area contributed by atoms with E-state index in [0.29, 0.717) is 27.7 Å². The normalized spacial score (nSPS) is 17.6. The Morgan fingerprint density at radius 1 is 1.38 bits per heavy atom. The minimum Gasteiger partial charge on any atom is -0.472 e. The number of nitrogens with zero attached hydrogens (tertiary/aromatic N) is 4. The maximum atomic E-state index is 10.8. The molecule has 0 N–H and O–H groups in total. The van der Waals surface area contributed by atoms with Crippen LogP contribution in [-0.4, -0.2) is 34.1 Å². The number of hydrogen-bond acceptors (Lipinski definition) is 6. The van der Waals surface area contributed by atoms with Crippen molar-refractivity contribution in [1.29, 1.82) is 0 Å². The van der Waals surface area contributed by atoms with E-state index >= 15 is 0 Å². The Bertz CT molecular complexity index is 744. The van der Waals surface area contributed by atoms with Gasteiger partial charge >= 0.3 is 0 Å². The molecule has 1 atom stereocenters. The van der Waals surface area contributed by atoms with Gasteiger partial charge in [-0.25, -0.2) is 9.97 Å². The van der Waals surface area contributed by atoms with Gasteiger partial charge in [-0.3, -0.25) is 10.1 Å². The van der Waals surface area contributed by atoms with Crippen LogP contribution in [-0.2, 0) is 0 Å². The third-order valence-electron chi connectivity index (χ3n) is 3.68. The van der Waals surface area contributed by atoms with Crippen molar-refractivity contribution in [3.05, 3.63) is 50.2 Å². The second-order valence-corrected chi connectivity index (χ2v) is 6.69. The number of nitro groups is 1. The molecule has 1 aliphatic rings. The summed E-state index contributed by atoms with van der Waals surface area (Å²) in [4.78, 5) is 20.8. The standard InChI is InChI=1S/C15H14BrClN4O3/c16-13-6-11(21(22)23)8-19-15(13)20-5-1-2-12(9-20)24-14-4-3-10(17)7-18-14/h3-4,6-8,12H,1-2,5,9H2. The molecule has 0 spiro atoms. The maximum absolute atomic E-state index is 10.8. The number of rotatable bonds is 4. The van der Waals surface area contributed by atoms with Crippen molar-refractivity contribution in [2.75, 3.05) is 18.0 Å². The predicted molar refractivity (Wildman–Crippen MR) is 93.7 cm³/mol. The highest BCUT2D eigenvalue weighted by Crippen LogP contribution is 2.30. The van der Waals surface area contributed by atoms with Gasteiger partial charge in [-0.05, 0) is 34.8 Å². The largest absolute Gasteiger partial charge is 0.472 e. The first-order valence-corrected chi connectivity index (χ1v) is 8.53. The quantitative estimate of drug-likeness (QED) is 0.559. The Morgan fingerprint density at radius 3 is 2.88 bits per heavy atom. The Labute approximate surface area is 151 Å². The van der Waals surface area contributed by atoms with Gasteiger partial charge in [-0.2, -0.15) is 0 Å². The Morgan fingerprint density at radius 2 is 2.21 bits per heavy atom. The summed E-state index contributed by atoms with van der Waals surface area (Å²) in [5, 5.41) is 11.4. The van der Waals surface area contributed by atoms with Crippen LogP contribution in [0.1, 0.15) is 12.8 Å². The molecule has 1 unspecified atom stereocenters. The van der Waals surface area contributed by atoms with Gasteiger partial charge < -0.3 is 9.64 Å². The number of ether oxygens (including phenoxy) is 1. The van der Waals surface area contributed by atoms with Crippen LogP contribution in [0.15, 0.2) is 35.1 Å². The van der Waals surface area contributed by atoms with Crippen LogP contribution in [0.5, 0.6) is 5.88 Å². The summed E-state index contributed by atoms with van der Waals surface area (Å²) in [5.41, 5.74) is -0.0409. The van der Waals surface area contributed by atoms with E-state index in [1.807, 2.05) is 0 Å². The molecule has 2 aromatic heterocycles. The van der Waals surface area contributed by atoms with Crippen LogP contribution >= 0.6 is 27.5 Å². The fourth-order valence-corrected chi connectivity index (χ4v) is 3.28. The zero-order valence-corrected chi connectivity index (χ0v) is 14.9. The van der Waals surface area contributed by atoms with Crippen LogP contribution in [0.2, 0.25) is 5.02 Å². The summed E-state index contributed by atoms with van der Waals surface area (Å²) in [6.45, 7) is 1.45. The minimum absolute atomic E-state index is 0.0312. The van der Waals surface area contributed by atoms with Crippen molar-refractivity contribution in [3.8, 4) is 5.88 Å². The van der Waals surface area contributed by atoms with Gasteiger partial charge in [0.2, 0.25) is 5.88 Å².